The number of carboxylic acids is 1. The van der Waals surface area contributed by atoms with E-state index in [1.54, 1.807) is 11.8 Å². The van der Waals surface area contributed by atoms with Crippen LogP contribution in [-0.2, 0) is 4.79 Å². The Hall–Kier alpha value is -1.69. The highest BCUT2D eigenvalue weighted by Gasteiger charge is 2.36. The van der Waals surface area contributed by atoms with Crippen molar-refractivity contribution in [2.75, 3.05) is 6.54 Å². The molecule has 1 aromatic rings. The fourth-order valence-corrected chi connectivity index (χ4v) is 2.88. The first-order valence-corrected chi connectivity index (χ1v) is 7.77. The molecule has 0 unspecified atom stereocenters. The lowest BCUT2D eigenvalue weighted by Crippen LogP contribution is -2.49. The van der Waals surface area contributed by atoms with Gasteiger partial charge in [-0.15, -0.1) is 0 Å². The number of hydrogen-bond acceptors (Lipinski definition) is 4. The van der Waals surface area contributed by atoms with Gasteiger partial charge in [-0.2, -0.15) is 0 Å². The average Bonchev–Trinajstić information content (AvgIpc) is 2.46. The molecule has 7 heteroatoms. The lowest BCUT2D eigenvalue weighted by Gasteiger charge is -2.37. The SMILES string of the molecule is CC(C)c1ncc(Cl)c(C(=O)N2CCC[C@H](C(=O)O)[C@@H]2C)n1. The van der Waals surface area contributed by atoms with Gasteiger partial charge in [0, 0.05) is 18.5 Å². The number of carbonyl (C=O) groups excluding carboxylic acids is 1. The second-order valence-electron chi connectivity index (χ2n) is 5.91. The molecule has 0 aliphatic carbocycles. The molecule has 6 nitrogen and oxygen atoms in total. The van der Waals surface area contributed by atoms with Crippen LogP contribution in [-0.4, -0.2) is 44.4 Å². The van der Waals surface area contributed by atoms with E-state index in [4.69, 9.17) is 11.6 Å². The van der Waals surface area contributed by atoms with E-state index in [1.807, 2.05) is 13.8 Å². The standard InChI is InChI=1S/C15H20ClN3O3/c1-8(2)13-17-7-11(16)12(18-13)14(20)19-6-4-5-10(9(19)3)15(21)22/h7-10H,4-6H2,1-3H3,(H,21,22)/t9-,10-/m0/s1. The van der Waals surface area contributed by atoms with Crippen molar-refractivity contribution in [3.8, 4) is 0 Å². The maximum Gasteiger partial charge on any atom is 0.308 e. The monoisotopic (exact) mass is 325 g/mol. The zero-order chi connectivity index (χ0) is 16.4. The number of nitrogens with zero attached hydrogens (tertiary/aromatic N) is 3. The third-order valence-corrected chi connectivity index (χ3v) is 4.32. The second kappa shape index (κ2) is 6.60. The highest BCUT2D eigenvalue weighted by Crippen LogP contribution is 2.27. The van der Waals surface area contributed by atoms with Crippen molar-refractivity contribution in [1.82, 2.24) is 14.9 Å². The Morgan fingerprint density at radius 3 is 2.73 bits per heavy atom. The van der Waals surface area contributed by atoms with Crippen LogP contribution in [0.3, 0.4) is 0 Å². The number of aromatic nitrogens is 2. The Balaban J connectivity index is 2.31. The molecule has 120 valence electrons. The predicted octanol–water partition coefficient (Wildman–Crippen LogP) is 2.58. The van der Waals surface area contributed by atoms with Crippen molar-refractivity contribution in [1.29, 1.82) is 0 Å². The molecule has 22 heavy (non-hydrogen) atoms. The number of aliphatic carboxylic acids is 1. The quantitative estimate of drug-likeness (QED) is 0.923. The van der Waals surface area contributed by atoms with Gasteiger partial charge in [-0.25, -0.2) is 9.97 Å². The number of carbonyl (C=O) groups is 2. The van der Waals surface area contributed by atoms with Gasteiger partial charge >= 0.3 is 5.97 Å². The molecule has 1 N–H and O–H groups in total. The van der Waals surface area contributed by atoms with Crippen molar-refractivity contribution >= 4 is 23.5 Å². The van der Waals surface area contributed by atoms with Gasteiger partial charge in [0.05, 0.1) is 17.1 Å². The van der Waals surface area contributed by atoms with Crippen LogP contribution < -0.4 is 0 Å². The maximum atomic E-state index is 12.7. The van der Waals surface area contributed by atoms with Gasteiger partial charge in [0.2, 0.25) is 0 Å². The minimum absolute atomic E-state index is 0.0781. The van der Waals surface area contributed by atoms with E-state index >= 15 is 0 Å². The number of rotatable bonds is 3. The van der Waals surface area contributed by atoms with E-state index in [-0.39, 0.29) is 28.6 Å². The summed E-state index contributed by atoms with van der Waals surface area (Å²) < 4.78 is 0. The van der Waals surface area contributed by atoms with Crippen molar-refractivity contribution in [2.45, 2.75) is 45.6 Å². The summed E-state index contributed by atoms with van der Waals surface area (Å²) in [5.41, 5.74) is 0.151. The van der Waals surface area contributed by atoms with Crippen LogP contribution in [0.1, 0.15) is 55.8 Å². The summed E-state index contributed by atoms with van der Waals surface area (Å²) in [4.78, 5) is 34.0. The van der Waals surface area contributed by atoms with E-state index in [0.717, 1.165) is 0 Å². The molecule has 1 fully saturated rings. The molecule has 0 radical (unpaired) electrons. The Morgan fingerprint density at radius 2 is 2.14 bits per heavy atom. The van der Waals surface area contributed by atoms with Gasteiger partial charge in [-0.05, 0) is 19.8 Å². The zero-order valence-electron chi connectivity index (χ0n) is 12.9. The number of halogens is 1. The number of likely N-dealkylation sites (tertiary alicyclic amines) is 1. The summed E-state index contributed by atoms with van der Waals surface area (Å²) in [5, 5.41) is 9.45. The van der Waals surface area contributed by atoms with Crippen LogP contribution >= 0.6 is 11.6 Å². The molecule has 1 amide bonds. The molecule has 0 aromatic carbocycles. The molecule has 1 aliphatic heterocycles. The first kappa shape index (κ1) is 16.7. The highest BCUT2D eigenvalue weighted by molar-refractivity contribution is 6.33. The van der Waals surface area contributed by atoms with E-state index in [9.17, 15) is 14.7 Å². The first-order chi connectivity index (χ1) is 10.3. The van der Waals surface area contributed by atoms with Crippen LogP contribution in [0.2, 0.25) is 5.02 Å². The van der Waals surface area contributed by atoms with E-state index in [2.05, 4.69) is 9.97 Å². The second-order valence-corrected chi connectivity index (χ2v) is 6.31. The molecule has 2 atom stereocenters. The molecule has 1 aromatic heterocycles. The summed E-state index contributed by atoms with van der Waals surface area (Å²) >= 11 is 6.07. The smallest absolute Gasteiger partial charge is 0.308 e. The molecular formula is C15H20ClN3O3. The van der Waals surface area contributed by atoms with Crippen molar-refractivity contribution in [3.63, 3.8) is 0 Å². The molecule has 0 bridgehead atoms. The molecule has 0 spiro atoms. The molecular weight excluding hydrogens is 306 g/mol. The Morgan fingerprint density at radius 1 is 1.45 bits per heavy atom. The van der Waals surface area contributed by atoms with Crippen molar-refractivity contribution in [3.05, 3.63) is 22.7 Å². The summed E-state index contributed by atoms with van der Waals surface area (Å²) in [5.74, 6) is -1.13. The zero-order valence-corrected chi connectivity index (χ0v) is 13.7. The Bertz CT molecular complexity index is 591. The first-order valence-electron chi connectivity index (χ1n) is 7.39. The van der Waals surface area contributed by atoms with Crippen molar-refractivity contribution < 1.29 is 14.7 Å². The summed E-state index contributed by atoms with van der Waals surface area (Å²) in [6.45, 7) is 6.14. The van der Waals surface area contributed by atoms with Crippen molar-refractivity contribution in [2.24, 2.45) is 5.92 Å². The number of hydrogen-bond donors (Lipinski definition) is 1. The Kier molecular flexibility index (Phi) is 5.01. The Labute approximate surface area is 134 Å². The molecule has 1 saturated heterocycles. The molecule has 2 heterocycles. The molecule has 1 aliphatic rings. The summed E-state index contributed by atoms with van der Waals surface area (Å²) in [7, 11) is 0. The maximum absolute atomic E-state index is 12.7. The van der Waals surface area contributed by atoms with Gasteiger partial charge in [0.25, 0.3) is 5.91 Å². The van der Waals surface area contributed by atoms with E-state index in [0.29, 0.717) is 25.2 Å². The minimum atomic E-state index is -0.873. The minimum Gasteiger partial charge on any atom is -0.481 e. The van der Waals surface area contributed by atoms with Gasteiger partial charge in [-0.3, -0.25) is 9.59 Å². The number of carboxylic acid groups (broad SMARTS) is 1. The van der Waals surface area contributed by atoms with Crippen LogP contribution in [0.15, 0.2) is 6.20 Å². The van der Waals surface area contributed by atoms with Gasteiger partial charge in [0.1, 0.15) is 5.82 Å². The lowest BCUT2D eigenvalue weighted by molar-refractivity contribution is -0.144. The normalized spacial score (nSPS) is 22.0. The summed E-state index contributed by atoms with van der Waals surface area (Å²) in [6, 6.07) is -0.382. The average molecular weight is 326 g/mol. The largest absolute Gasteiger partial charge is 0.481 e. The van der Waals surface area contributed by atoms with Crippen LogP contribution in [0.25, 0.3) is 0 Å². The number of piperidine rings is 1. The number of amides is 1. The van der Waals surface area contributed by atoms with E-state index < -0.39 is 11.9 Å². The molecule has 0 saturated carbocycles. The molecule has 2 rings (SSSR count). The predicted molar refractivity (Wildman–Crippen MR) is 82.0 cm³/mol. The lowest BCUT2D eigenvalue weighted by atomic mass is 9.90. The fraction of sp³-hybridized carbons (Fsp3) is 0.600. The topological polar surface area (TPSA) is 83.4 Å². The van der Waals surface area contributed by atoms with Crippen LogP contribution in [0.5, 0.6) is 0 Å². The highest BCUT2D eigenvalue weighted by atomic mass is 35.5. The van der Waals surface area contributed by atoms with Gasteiger partial charge < -0.3 is 10.0 Å². The third-order valence-electron chi connectivity index (χ3n) is 4.05. The van der Waals surface area contributed by atoms with Crippen LogP contribution in [0, 0.1) is 5.92 Å². The van der Waals surface area contributed by atoms with Gasteiger partial charge in [0.15, 0.2) is 5.69 Å². The van der Waals surface area contributed by atoms with Crippen LogP contribution in [0.4, 0.5) is 0 Å². The van der Waals surface area contributed by atoms with Gasteiger partial charge in [-0.1, -0.05) is 25.4 Å². The third kappa shape index (κ3) is 3.21. The fourth-order valence-electron chi connectivity index (χ4n) is 2.70. The summed E-state index contributed by atoms with van der Waals surface area (Å²) in [6.07, 6.45) is 2.67. The van der Waals surface area contributed by atoms with E-state index in [1.165, 1.54) is 6.20 Å².